The largest absolute Gasteiger partial charge is 0.403 e. The third-order valence-electron chi connectivity index (χ3n) is 6.93. The molecule has 1 aromatic rings. The van der Waals surface area contributed by atoms with Crippen LogP contribution in [0.3, 0.4) is 0 Å². The maximum atomic E-state index is 13.4. The smallest absolute Gasteiger partial charge is 0.260 e. The second-order valence-corrected chi connectivity index (χ2v) is 20.9. The van der Waals surface area contributed by atoms with Gasteiger partial charge in [-0.15, -0.1) is 0 Å². The summed E-state index contributed by atoms with van der Waals surface area (Å²) >= 11 is 0. The monoisotopic (exact) mass is 449 g/mol. The van der Waals surface area contributed by atoms with Gasteiger partial charge in [0, 0.05) is 0 Å². The predicted molar refractivity (Wildman–Crippen MR) is 126 cm³/mol. The van der Waals surface area contributed by atoms with Crippen LogP contribution in [0.4, 0.5) is 0 Å². The van der Waals surface area contributed by atoms with Crippen molar-refractivity contribution < 1.29 is 18.4 Å². The maximum absolute atomic E-state index is 13.4. The van der Waals surface area contributed by atoms with E-state index in [1.807, 2.05) is 30.3 Å². The van der Waals surface area contributed by atoms with Crippen molar-refractivity contribution in [1.82, 2.24) is 4.90 Å². The number of imide groups is 1. The highest BCUT2D eigenvalue weighted by atomic mass is 28.4. The van der Waals surface area contributed by atoms with Gasteiger partial charge >= 0.3 is 0 Å². The van der Waals surface area contributed by atoms with Gasteiger partial charge in [0.25, 0.3) is 11.8 Å². The first-order valence-corrected chi connectivity index (χ1v) is 16.5. The summed E-state index contributed by atoms with van der Waals surface area (Å²) in [6, 6.07) is 9.59. The van der Waals surface area contributed by atoms with Crippen molar-refractivity contribution in [2.24, 2.45) is 0 Å². The Balaban J connectivity index is 2.40. The zero-order chi connectivity index (χ0) is 23.1. The number of benzene rings is 1. The van der Waals surface area contributed by atoms with E-state index in [0.717, 1.165) is 5.56 Å². The van der Waals surface area contributed by atoms with Gasteiger partial charge in [-0.3, -0.25) is 14.5 Å². The molecule has 5 nitrogen and oxygen atoms in total. The first-order chi connectivity index (χ1) is 13.5. The Labute approximate surface area is 184 Å². The lowest BCUT2D eigenvalue weighted by Gasteiger charge is -2.41. The van der Waals surface area contributed by atoms with Crippen LogP contribution in [0.5, 0.6) is 0 Å². The number of likely N-dealkylation sites (tertiary alicyclic amines) is 1. The normalized spacial score (nSPS) is 21.5. The molecule has 2 rings (SSSR count). The molecule has 0 aromatic heterocycles. The van der Waals surface area contributed by atoms with Gasteiger partial charge in [-0.1, -0.05) is 71.9 Å². The van der Waals surface area contributed by atoms with E-state index in [0.29, 0.717) is 0 Å². The summed E-state index contributed by atoms with van der Waals surface area (Å²) in [5, 5.41) is -0.157. The third-order valence-corrected chi connectivity index (χ3v) is 15.8. The highest BCUT2D eigenvalue weighted by Gasteiger charge is 2.55. The van der Waals surface area contributed by atoms with Gasteiger partial charge in [0.15, 0.2) is 28.8 Å². The fraction of sp³-hybridized carbons (Fsp3) is 0.652. The van der Waals surface area contributed by atoms with Crippen LogP contribution in [0, 0.1) is 0 Å². The molecule has 168 valence electrons. The molecule has 1 aliphatic heterocycles. The maximum Gasteiger partial charge on any atom is 0.260 e. The lowest BCUT2D eigenvalue weighted by atomic mass is 10.2. The molecule has 30 heavy (non-hydrogen) atoms. The van der Waals surface area contributed by atoms with Gasteiger partial charge in [0.1, 0.15) is 0 Å². The third kappa shape index (κ3) is 5.12. The SMILES string of the molecule is CC(C)(C)[Si](C)(C)O[C@H]1C(=O)N(Cc2ccccc2)C(=O)[C@@H]1O[Si](C)(C)C(C)(C)C. The Morgan fingerprint density at radius 2 is 1.13 bits per heavy atom. The minimum absolute atomic E-state index is 0.0787. The molecule has 0 unspecified atom stereocenters. The van der Waals surface area contributed by atoms with Crippen molar-refractivity contribution in [2.75, 3.05) is 0 Å². The number of hydrogen-bond donors (Lipinski definition) is 0. The van der Waals surface area contributed by atoms with Crippen molar-refractivity contribution in [1.29, 1.82) is 0 Å². The van der Waals surface area contributed by atoms with Crippen LogP contribution in [-0.4, -0.2) is 45.6 Å². The van der Waals surface area contributed by atoms with Gasteiger partial charge in [-0.05, 0) is 41.8 Å². The number of carbonyl (C=O) groups is 2. The van der Waals surface area contributed by atoms with Gasteiger partial charge in [-0.25, -0.2) is 0 Å². The molecule has 0 saturated carbocycles. The first kappa shape index (κ1) is 25.0. The Morgan fingerprint density at radius 3 is 1.47 bits per heavy atom. The summed E-state index contributed by atoms with van der Waals surface area (Å²) in [5.41, 5.74) is 0.915. The summed E-state index contributed by atoms with van der Waals surface area (Å²) in [4.78, 5) is 28.1. The first-order valence-electron chi connectivity index (χ1n) is 10.7. The minimum atomic E-state index is -2.29. The molecule has 1 saturated heterocycles. The van der Waals surface area contributed by atoms with Crippen LogP contribution in [-0.2, 0) is 25.0 Å². The van der Waals surface area contributed by atoms with Gasteiger partial charge in [0.2, 0.25) is 0 Å². The van der Waals surface area contributed by atoms with E-state index in [-0.39, 0.29) is 28.4 Å². The quantitative estimate of drug-likeness (QED) is 0.435. The van der Waals surface area contributed by atoms with Gasteiger partial charge in [0.05, 0.1) is 6.54 Å². The van der Waals surface area contributed by atoms with Gasteiger partial charge in [-0.2, -0.15) is 0 Å². The average molecular weight is 450 g/mol. The molecule has 0 aliphatic carbocycles. The Bertz CT molecular complexity index is 733. The van der Waals surface area contributed by atoms with Crippen molar-refractivity contribution in [3.8, 4) is 0 Å². The molecule has 1 aromatic carbocycles. The molecule has 0 radical (unpaired) electrons. The Morgan fingerprint density at radius 1 is 0.767 bits per heavy atom. The second kappa shape index (κ2) is 8.33. The van der Waals surface area contributed by atoms with E-state index in [1.54, 1.807) is 0 Å². The molecular formula is C23H39NO4Si2. The van der Waals surface area contributed by atoms with Gasteiger partial charge < -0.3 is 8.85 Å². The molecular weight excluding hydrogens is 410 g/mol. The highest BCUT2D eigenvalue weighted by Crippen LogP contribution is 2.42. The molecule has 0 N–H and O–H groups in total. The van der Waals surface area contributed by atoms with Crippen LogP contribution in [0.2, 0.25) is 36.3 Å². The molecule has 0 bridgehead atoms. The zero-order valence-corrected chi connectivity index (χ0v) is 22.3. The van der Waals surface area contributed by atoms with Crippen molar-refractivity contribution >= 4 is 28.4 Å². The van der Waals surface area contributed by atoms with E-state index in [9.17, 15) is 9.59 Å². The molecule has 0 spiro atoms. The lowest BCUT2D eigenvalue weighted by Crippen LogP contribution is -2.52. The van der Waals surface area contributed by atoms with Crippen molar-refractivity contribution in [2.45, 2.75) is 96.6 Å². The van der Waals surface area contributed by atoms with Crippen LogP contribution in [0.15, 0.2) is 30.3 Å². The number of rotatable bonds is 6. The molecule has 2 atom stereocenters. The number of carbonyl (C=O) groups excluding carboxylic acids is 2. The molecule has 1 fully saturated rings. The lowest BCUT2D eigenvalue weighted by molar-refractivity contribution is -0.141. The van der Waals surface area contributed by atoms with E-state index in [1.165, 1.54) is 4.90 Å². The molecule has 1 heterocycles. The Kier molecular flexibility index (Phi) is 6.94. The molecule has 1 aliphatic rings. The summed E-state index contributed by atoms with van der Waals surface area (Å²) in [6.45, 7) is 21.4. The average Bonchev–Trinajstić information content (AvgIpc) is 2.78. The number of nitrogens with zero attached hydrogens (tertiary/aromatic N) is 1. The minimum Gasteiger partial charge on any atom is -0.403 e. The number of amides is 2. The summed E-state index contributed by atoms with van der Waals surface area (Å²) < 4.78 is 13.0. The predicted octanol–water partition coefficient (Wildman–Crippen LogP) is 5.34. The van der Waals surface area contributed by atoms with Crippen LogP contribution in [0.25, 0.3) is 0 Å². The molecule has 2 amide bonds. The fourth-order valence-corrected chi connectivity index (χ4v) is 5.24. The van der Waals surface area contributed by atoms with Crippen molar-refractivity contribution in [3.05, 3.63) is 35.9 Å². The van der Waals surface area contributed by atoms with E-state index in [4.69, 9.17) is 8.85 Å². The summed E-state index contributed by atoms with van der Waals surface area (Å²) in [7, 11) is -4.58. The standard InChI is InChI=1S/C23H39NO4Si2/c1-22(2,3)29(7,8)27-18-19(28-30(9,10)23(4,5)6)21(26)24(20(18)25)16-17-14-12-11-13-15-17/h11-15,18-19H,16H2,1-10H3/t18-,19-/m1/s1. The van der Waals surface area contributed by atoms with E-state index < -0.39 is 28.8 Å². The van der Waals surface area contributed by atoms with E-state index >= 15 is 0 Å². The van der Waals surface area contributed by atoms with Crippen molar-refractivity contribution in [3.63, 3.8) is 0 Å². The summed E-state index contributed by atoms with van der Waals surface area (Å²) in [5.74, 6) is -0.560. The van der Waals surface area contributed by atoms with Crippen LogP contribution >= 0.6 is 0 Å². The topological polar surface area (TPSA) is 55.8 Å². The van der Waals surface area contributed by atoms with E-state index in [2.05, 4.69) is 67.7 Å². The van der Waals surface area contributed by atoms with Crippen LogP contribution < -0.4 is 0 Å². The summed E-state index contributed by atoms with van der Waals surface area (Å²) in [6.07, 6.45) is -1.76. The van der Waals surface area contributed by atoms with Crippen LogP contribution in [0.1, 0.15) is 47.1 Å². The number of hydrogen-bond acceptors (Lipinski definition) is 4. The zero-order valence-electron chi connectivity index (χ0n) is 20.3. The molecule has 7 heteroatoms. The second-order valence-electron chi connectivity index (χ2n) is 11.3. The highest BCUT2D eigenvalue weighted by molar-refractivity contribution is 6.75. The fourth-order valence-electron chi connectivity index (χ4n) is 2.81. The Hall–Kier alpha value is -1.29.